The molecule has 1 rings (SSSR count). The van der Waals surface area contributed by atoms with Crippen molar-refractivity contribution >= 4 is 15.9 Å². The lowest BCUT2D eigenvalue weighted by Crippen LogP contribution is -2.24. The van der Waals surface area contributed by atoms with Crippen LogP contribution in [0.25, 0.3) is 0 Å². The van der Waals surface area contributed by atoms with Crippen molar-refractivity contribution in [3.8, 4) is 0 Å². The smallest absolute Gasteiger partial charge is 0.0336 e. The van der Waals surface area contributed by atoms with Crippen molar-refractivity contribution in [2.45, 2.75) is 32.5 Å². The van der Waals surface area contributed by atoms with Crippen LogP contribution in [0.15, 0.2) is 11.6 Å². The molecule has 1 saturated heterocycles. The Balaban J connectivity index is 2.45. The zero-order valence-corrected chi connectivity index (χ0v) is 10.7. The minimum Gasteiger partial charge on any atom is -0.298 e. The fraction of sp³-hybridized carbons (Fsp3) is 0.818. The highest BCUT2D eigenvalue weighted by Crippen LogP contribution is 2.34. The summed E-state index contributed by atoms with van der Waals surface area (Å²) in [4.78, 5) is 3.15. The summed E-state index contributed by atoms with van der Waals surface area (Å²) >= 11 is 3.74. The normalized spacial score (nSPS) is 27.6. The molecule has 0 saturated carbocycles. The Bertz CT molecular complexity index is 204. The molecule has 0 N–H and O–H groups in total. The van der Waals surface area contributed by atoms with E-state index in [0.29, 0.717) is 10.2 Å². The van der Waals surface area contributed by atoms with Crippen LogP contribution in [-0.2, 0) is 0 Å². The Morgan fingerprint density at radius 2 is 2.15 bits per heavy atom. The summed E-state index contributed by atoms with van der Waals surface area (Å²) in [6, 6.07) is 0. The predicted molar refractivity (Wildman–Crippen MR) is 62.4 cm³/mol. The van der Waals surface area contributed by atoms with Gasteiger partial charge in [0.25, 0.3) is 0 Å². The number of rotatable bonds is 2. The van der Waals surface area contributed by atoms with E-state index in [1.165, 1.54) is 18.7 Å². The largest absolute Gasteiger partial charge is 0.298 e. The summed E-state index contributed by atoms with van der Waals surface area (Å²) < 4.78 is 0. The van der Waals surface area contributed by atoms with Gasteiger partial charge in [-0.05, 0) is 19.3 Å². The van der Waals surface area contributed by atoms with Gasteiger partial charge in [0.1, 0.15) is 0 Å². The maximum absolute atomic E-state index is 3.74. The molecule has 0 aromatic heterocycles. The second kappa shape index (κ2) is 4.14. The SMILES string of the molecule is CC(C)=CCN1CC(Br)C(C)(C)C1. The van der Waals surface area contributed by atoms with Crippen molar-refractivity contribution in [3.05, 3.63) is 11.6 Å². The van der Waals surface area contributed by atoms with Crippen LogP contribution in [0, 0.1) is 5.41 Å². The molecule has 2 heteroatoms. The van der Waals surface area contributed by atoms with Crippen LogP contribution in [0.4, 0.5) is 0 Å². The Morgan fingerprint density at radius 1 is 1.54 bits per heavy atom. The maximum Gasteiger partial charge on any atom is 0.0336 e. The second-order valence-corrected chi connectivity index (χ2v) is 6.04. The molecule has 0 amide bonds. The molecule has 0 bridgehead atoms. The molecule has 0 aliphatic carbocycles. The zero-order valence-electron chi connectivity index (χ0n) is 9.10. The highest BCUT2D eigenvalue weighted by Gasteiger charge is 2.36. The van der Waals surface area contributed by atoms with Crippen LogP contribution in [0.2, 0.25) is 0 Å². The first-order valence-corrected chi connectivity index (χ1v) is 5.83. The molecule has 1 nitrogen and oxygen atoms in total. The van der Waals surface area contributed by atoms with Crippen LogP contribution in [0.1, 0.15) is 27.7 Å². The van der Waals surface area contributed by atoms with Crippen LogP contribution >= 0.6 is 15.9 Å². The Hall–Kier alpha value is 0.180. The van der Waals surface area contributed by atoms with Crippen molar-refractivity contribution in [1.82, 2.24) is 4.90 Å². The summed E-state index contributed by atoms with van der Waals surface area (Å²) in [5, 5.41) is 0. The van der Waals surface area contributed by atoms with E-state index in [1.807, 2.05) is 0 Å². The van der Waals surface area contributed by atoms with Crippen molar-refractivity contribution in [2.75, 3.05) is 19.6 Å². The van der Waals surface area contributed by atoms with Gasteiger partial charge < -0.3 is 0 Å². The average molecular weight is 246 g/mol. The van der Waals surface area contributed by atoms with E-state index < -0.39 is 0 Å². The lowest BCUT2D eigenvalue weighted by atomic mass is 9.93. The Labute approximate surface area is 90.3 Å². The quantitative estimate of drug-likeness (QED) is 0.534. The van der Waals surface area contributed by atoms with Gasteiger partial charge in [0.05, 0.1) is 0 Å². The summed E-state index contributed by atoms with van der Waals surface area (Å²) in [6.07, 6.45) is 2.31. The van der Waals surface area contributed by atoms with Gasteiger partial charge >= 0.3 is 0 Å². The Kier molecular flexibility index (Phi) is 3.58. The fourth-order valence-electron chi connectivity index (χ4n) is 1.66. The first-order valence-electron chi connectivity index (χ1n) is 4.91. The third-order valence-electron chi connectivity index (χ3n) is 2.66. The van der Waals surface area contributed by atoms with Gasteiger partial charge in [-0.15, -0.1) is 0 Å². The highest BCUT2D eigenvalue weighted by atomic mass is 79.9. The summed E-state index contributed by atoms with van der Waals surface area (Å²) in [5.74, 6) is 0. The van der Waals surface area contributed by atoms with E-state index in [2.05, 4.69) is 54.6 Å². The molecule has 0 spiro atoms. The van der Waals surface area contributed by atoms with Gasteiger partial charge in [0, 0.05) is 24.5 Å². The van der Waals surface area contributed by atoms with Crippen molar-refractivity contribution < 1.29 is 0 Å². The van der Waals surface area contributed by atoms with E-state index >= 15 is 0 Å². The van der Waals surface area contributed by atoms with Gasteiger partial charge in [-0.2, -0.15) is 0 Å². The third kappa shape index (κ3) is 3.10. The number of hydrogen-bond donors (Lipinski definition) is 0. The van der Waals surface area contributed by atoms with Gasteiger partial charge in [0.15, 0.2) is 0 Å². The van der Waals surface area contributed by atoms with Gasteiger partial charge in [0.2, 0.25) is 0 Å². The lowest BCUT2D eigenvalue weighted by Gasteiger charge is -2.20. The predicted octanol–water partition coefficient (Wildman–Crippen LogP) is 3.06. The van der Waals surface area contributed by atoms with Gasteiger partial charge in [-0.3, -0.25) is 4.90 Å². The first kappa shape index (κ1) is 11.3. The number of alkyl halides is 1. The van der Waals surface area contributed by atoms with Crippen molar-refractivity contribution in [3.63, 3.8) is 0 Å². The lowest BCUT2D eigenvalue weighted by molar-refractivity contribution is 0.315. The minimum absolute atomic E-state index is 0.426. The number of allylic oxidation sites excluding steroid dienone is 1. The highest BCUT2D eigenvalue weighted by molar-refractivity contribution is 9.09. The molecule has 76 valence electrons. The molecule has 1 unspecified atom stereocenters. The second-order valence-electron chi connectivity index (χ2n) is 4.93. The molecular formula is C11H20BrN. The van der Waals surface area contributed by atoms with Crippen LogP contribution < -0.4 is 0 Å². The fourth-order valence-corrected chi connectivity index (χ4v) is 2.22. The monoisotopic (exact) mass is 245 g/mol. The molecule has 1 aliphatic heterocycles. The minimum atomic E-state index is 0.426. The number of halogens is 1. The number of nitrogens with zero attached hydrogens (tertiary/aromatic N) is 1. The maximum atomic E-state index is 3.74. The van der Waals surface area contributed by atoms with E-state index in [1.54, 1.807) is 0 Å². The summed E-state index contributed by atoms with van der Waals surface area (Å²) in [6.45, 7) is 12.5. The van der Waals surface area contributed by atoms with Crippen LogP contribution in [0.5, 0.6) is 0 Å². The van der Waals surface area contributed by atoms with Crippen LogP contribution in [0.3, 0.4) is 0 Å². The summed E-state index contributed by atoms with van der Waals surface area (Å²) in [5.41, 5.74) is 1.84. The third-order valence-corrected chi connectivity index (χ3v) is 4.18. The van der Waals surface area contributed by atoms with Gasteiger partial charge in [-0.25, -0.2) is 0 Å². The van der Waals surface area contributed by atoms with Crippen molar-refractivity contribution in [1.29, 1.82) is 0 Å². The molecule has 0 radical (unpaired) electrons. The van der Waals surface area contributed by atoms with Crippen LogP contribution in [-0.4, -0.2) is 29.4 Å². The van der Waals surface area contributed by atoms with Gasteiger partial charge in [-0.1, -0.05) is 41.4 Å². The van der Waals surface area contributed by atoms with E-state index in [4.69, 9.17) is 0 Å². The van der Waals surface area contributed by atoms with E-state index in [-0.39, 0.29) is 0 Å². The van der Waals surface area contributed by atoms with E-state index in [0.717, 1.165) is 6.54 Å². The Morgan fingerprint density at radius 3 is 2.54 bits per heavy atom. The first-order chi connectivity index (χ1) is 5.92. The molecule has 1 atom stereocenters. The topological polar surface area (TPSA) is 3.24 Å². The van der Waals surface area contributed by atoms with Crippen molar-refractivity contribution in [2.24, 2.45) is 5.41 Å². The number of likely N-dealkylation sites (tertiary alicyclic amines) is 1. The molecule has 1 fully saturated rings. The van der Waals surface area contributed by atoms with E-state index in [9.17, 15) is 0 Å². The number of hydrogen-bond acceptors (Lipinski definition) is 1. The average Bonchev–Trinajstić information content (AvgIpc) is 2.22. The molecule has 0 aromatic carbocycles. The molecule has 1 heterocycles. The zero-order chi connectivity index (χ0) is 10.1. The molecule has 0 aromatic rings. The molecular weight excluding hydrogens is 226 g/mol. The standard InChI is InChI=1S/C11H20BrN/c1-9(2)5-6-13-7-10(12)11(3,4)8-13/h5,10H,6-8H2,1-4H3. The molecule has 13 heavy (non-hydrogen) atoms. The summed E-state index contributed by atoms with van der Waals surface area (Å²) in [7, 11) is 0. The molecule has 1 aliphatic rings.